The van der Waals surface area contributed by atoms with Gasteiger partial charge in [-0.2, -0.15) is 0 Å². The smallest absolute Gasteiger partial charge is 0.250 e. The molecule has 0 saturated heterocycles. The van der Waals surface area contributed by atoms with E-state index in [1.54, 1.807) is 29.0 Å². The van der Waals surface area contributed by atoms with Crippen molar-refractivity contribution in [3.8, 4) is 10.4 Å². The van der Waals surface area contributed by atoms with Gasteiger partial charge in [0, 0.05) is 45.2 Å². The van der Waals surface area contributed by atoms with Gasteiger partial charge in [0.05, 0.1) is 12.5 Å². The van der Waals surface area contributed by atoms with Gasteiger partial charge in [0.15, 0.2) is 0 Å². The molecular formula is C22H21ClN2O3S. The molecule has 0 fully saturated rings. The van der Waals surface area contributed by atoms with E-state index in [2.05, 4.69) is 13.8 Å². The second-order valence-electron chi connectivity index (χ2n) is 7.34. The molecule has 1 aromatic carbocycles. The van der Waals surface area contributed by atoms with E-state index < -0.39 is 18.1 Å². The number of hydrogen-bond acceptors (Lipinski definition) is 4. The number of carbonyl (C=O) groups excluding carboxylic acids is 1. The van der Waals surface area contributed by atoms with Crippen molar-refractivity contribution in [3.05, 3.63) is 79.0 Å². The number of thiophene rings is 1. The van der Waals surface area contributed by atoms with E-state index in [0.29, 0.717) is 10.6 Å². The first kappa shape index (κ1) is 19.9. The van der Waals surface area contributed by atoms with Crippen LogP contribution in [0.4, 0.5) is 0 Å². The Kier molecular flexibility index (Phi) is 5.11. The number of rotatable bonds is 3. The van der Waals surface area contributed by atoms with E-state index in [0.717, 1.165) is 27.1 Å². The molecule has 0 saturated carbocycles. The molecule has 0 spiro atoms. The molecule has 1 aliphatic heterocycles. The van der Waals surface area contributed by atoms with Crippen LogP contribution in [-0.2, 0) is 16.6 Å². The Bertz CT molecular complexity index is 1160. The first-order chi connectivity index (χ1) is 13.8. The summed E-state index contributed by atoms with van der Waals surface area (Å²) in [5, 5.41) is 0.640. The Morgan fingerprint density at radius 3 is 2.62 bits per heavy atom. The molecule has 0 bridgehead atoms. The number of benzene rings is 1. The third-order valence-electron chi connectivity index (χ3n) is 5.41. The molecule has 0 unspecified atom stereocenters. The lowest BCUT2D eigenvalue weighted by molar-refractivity contribution is -0.121. The van der Waals surface area contributed by atoms with Gasteiger partial charge in [-0.3, -0.25) is 9.59 Å². The molecule has 7 heteroatoms. The van der Waals surface area contributed by atoms with Crippen LogP contribution in [0.25, 0.3) is 10.4 Å². The number of fused-ring (bicyclic) bond motifs is 3. The summed E-state index contributed by atoms with van der Waals surface area (Å²) in [6.07, 6.45) is 0.811. The largest absolute Gasteiger partial charge is 0.370 e. The Labute approximate surface area is 177 Å². The summed E-state index contributed by atoms with van der Waals surface area (Å²) in [5.41, 5.74) is 10.1. The maximum absolute atomic E-state index is 12.4. The highest BCUT2D eigenvalue weighted by Crippen LogP contribution is 2.50. The van der Waals surface area contributed by atoms with Gasteiger partial charge < -0.3 is 15.0 Å². The quantitative estimate of drug-likeness (QED) is 0.671. The Hall–Kier alpha value is -2.41. The number of hydrogen-bond donors (Lipinski definition) is 1. The number of aromatic nitrogens is 1. The Morgan fingerprint density at radius 1 is 1.28 bits per heavy atom. The van der Waals surface area contributed by atoms with Crippen LogP contribution in [0.15, 0.2) is 41.3 Å². The molecule has 2 atom stereocenters. The van der Waals surface area contributed by atoms with E-state index in [4.69, 9.17) is 22.1 Å². The van der Waals surface area contributed by atoms with Crippen LogP contribution < -0.4 is 11.3 Å². The monoisotopic (exact) mass is 428 g/mol. The van der Waals surface area contributed by atoms with Gasteiger partial charge in [0.25, 0.3) is 5.56 Å². The number of ether oxygens (including phenoxy) is 1. The summed E-state index contributed by atoms with van der Waals surface area (Å²) in [6.45, 7) is 4.16. The zero-order chi connectivity index (χ0) is 20.9. The van der Waals surface area contributed by atoms with Crippen molar-refractivity contribution in [3.63, 3.8) is 0 Å². The topological polar surface area (TPSA) is 74.3 Å². The fourth-order valence-electron chi connectivity index (χ4n) is 3.79. The molecule has 2 aromatic heterocycles. The molecule has 29 heavy (non-hydrogen) atoms. The van der Waals surface area contributed by atoms with Crippen LogP contribution >= 0.6 is 22.9 Å². The van der Waals surface area contributed by atoms with Crippen LogP contribution in [-0.4, -0.2) is 10.5 Å². The van der Waals surface area contributed by atoms with Gasteiger partial charge in [-0.15, -0.1) is 11.3 Å². The van der Waals surface area contributed by atoms with Crippen molar-refractivity contribution in [1.82, 2.24) is 4.57 Å². The SMILES string of the molecule is Cc1sc2c(c1C)[C@H](c1ccc(Cl)cc1)O[C@@H](CC(N)=O)c1cc(=O)n(C)cc1-2. The van der Waals surface area contributed by atoms with E-state index in [1.807, 2.05) is 30.5 Å². The summed E-state index contributed by atoms with van der Waals surface area (Å²) in [7, 11) is 1.72. The van der Waals surface area contributed by atoms with Gasteiger partial charge in [-0.05, 0) is 42.7 Å². The van der Waals surface area contributed by atoms with Gasteiger partial charge in [-0.25, -0.2) is 0 Å². The standard InChI is InChI=1S/C22H21ClN2O3S/c1-11-12(2)29-22-16-10-25(3)19(27)8-15(16)17(9-18(24)26)28-21(20(11)22)13-4-6-14(23)7-5-13/h4-8,10,17,21H,9H2,1-3H3,(H2,24,26)/t17-,21-/m0/s1. The first-order valence-corrected chi connectivity index (χ1v) is 10.5. The van der Waals surface area contributed by atoms with Gasteiger partial charge >= 0.3 is 0 Å². The molecule has 3 aromatic rings. The fraction of sp³-hybridized carbons (Fsp3) is 0.273. The van der Waals surface area contributed by atoms with Crippen molar-refractivity contribution in [2.75, 3.05) is 0 Å². The van der Waals surface area contributed by atoms with Crippen molar-refractivity contribution in [2.45, 2.75) is 32.5 Å². The average Bonchev–Trinajstić information content (AvgIpc) is 2.89. The minimum absolute atomic E-state index is 0.00275. The van der Waals surface area contributed by atoms with Crippen LogP contribution in [0.2, 0.25) is 5.02 Å². The zero-order valence-electron chi connectivity index (χ0n) is 16.4. The molecule has 0 aliphatic carbocycles. The van der Waals surface area contributed by atoms with E-state index in [9.17, 15) is 9.59 Å². The van der Waals surface area contributed by atoms with Gasteiger partial charge in [-0.1, -0.05) is 23.7 Å². The van der Waals surface area contributed by atoms with E-state index in [-0.39, 0.29) is 12.0 Å². The van der Waals surface area contributed by atoms with Crippen LogP contribution in [0.5, 0.6) is 0 Å². The normalized spacial score (nSPS) is 18.1. The maximum atomic E-state index is 12.4. The summed E-state index contributed by atoms with van der Waals surface area (Å²) in [6, 6.07) is 9.07. The van der Waals surface area contributed by atoms with Crippen LogP contribution in [0, 0.1) is 13.8 Å². The fourth-order valence-corrected chi connectivity index (χ4v) is 5.14. The van der Waals surface area contributed by atoms with Gasteiger partial charge in [0.2, 0.25) is 5.91 Å². The molecular weight excluding hydrogens is 408 g/mol. The lowest BCUT2D eigenvalue weighted by Gasteiger charge is -2.24. The maximum Gasteiger partial charge on any atom is 0.250 e. The van der Waals surface area contributed by atoms with Crippen LogP contribution in [0.3, 0.4) is 0 Å². The number of nitrogens with two attached hydrogens (primary N) is 1. The summed E-state index contributed by atoms with van der Waals surface area (Å²) in [4.78, 5) is 26.4. The Balaban J connectivity index is 2.01. The summed E-state index contributed by atoms with van der Waals surface area (Å²) in [5.74, 6) is -0.477. The van der Waals surface area contributed by atoms with Crippen LogP contribution in [0.1, 0.15) is 45.8 Å². The third kappa shape index (κ3) is 3.52. The van der Waals surface area contributed by atoms with E-state index in [1.165, 1.54) is 4.88 Å². The molecule has 3 heterocycles. The lowest BCUT2D eigenvalue weighted by Crippen LogP contribution is -2.22. The lowest BCUT2D eigenvalue weighted by atomic mass is 9.95. The molecule has 5 nitrogen and oxygen atoms in total. The van der Waals surface area contributed by atoms with Gasteiger partial charge in [0.1, 0.15) is 6.10 Å². The second-order valence-corrected chi connectivity index (χ2v) is 9.01. The van der Waals surface area contributed by atoms with Crippen molar-refractivity contribution in [2.24, 2.45) is 12.8 Å². The molecule has 2 N–H and O–H groups in total. The van der Waals surface area contributed by atoms with Crippen molar-refractivity contribution < 1.29 is 9.53 Å². The molecule has 4 rings (SSSR count). The number of aryl methyl sites for hydroxylation is 2. The second kappa shape index (κ2) is 7.44. The zero-order valence-corrected chi connectivity index (χ0v) is 17.9. The minimum atomic E-state index is -0.614. The number of carbonyl (C=O) groups is 1. The number of primary amides is 1. The molecule has 0 radical (unpaired) electrons. The number of halogens is 1. The predicted octanol–water partition coefficient (Wildman–Crippen LogP) is 4.42. The van der Waals surface area contributed by atoms with E-state index >= 15 is 0 Å². The molecule has 1 amide bonds. The highest BCUT2D eigenvalue weighted by molar-refractivity contribution is 7.15. The number of amides is 1. The minimum Gasteiger partial charge on any atom is -0.370 e. The number of pyridine rings is 1. The molecule has 150 valence electrons. The number of nitrogens with zero attached hydrogens (tertiary/aromatic N) is 1. The summed E-state index contributed by atoms with van der Waals surface area (Å²) < 4.78 is 8.06. The predicted molar refractivity (Wildman–Crippen MR) is 115 cm³/mol. The van der Waals surface area contributed by atoms with Crippen molar-refractivity contribution in [1.29, 1.82) is 0 Å². The average molecular weight is 429 g/mol. The highest BCUT2D eigenvalue weighted by atomic mass is 35.5. The Morgan fingerprint density at radius 2 is 1.97 bits per heavy atom. The first-order valence-electron chi connectivity index (χ1n) is 9.26. The molecule has 1 aliphatic rings. The summed E-state index contributed by atoms with van der Waals surface area (Å²) >= 11 is 7.76. The third-order valence-corrected chi connectivity index (χ3v) is 6.91. The van der Waals surface area contributed by atoms with Crippen molar-refractivity contribution >= 4 is 28.8 Å². The highest BCUT2D eigenvalue weighted by Gasteiger charge is 2.34.